The molecule has 1 heterocycles. The number of nitrogens with zero attached hydrogens (tertiary/aromatic N) is 2. The maximum atomic E-state index is 5.58. The highest BCUT2D eigenvalue weighted by Gasteiger charge is 2.05. The number of benzene rings is 2. The standard InChI is InChI=1S/C14H11BrN4/c15-11-5-6-12(10-4-2-1-3-9(10)11)18-13-7-8-17-14(16)19-13/h1-8H,(H3,16,17,18,19). The molecule has 3 rings (SSSR count). The van der Waals surface area contributed by atoms with Crippen LogP contribution in [-0.2, 0) is 0 Å². The lowest BCUT2D eigenvalue weighted by molar-refractivity contribution is 1.19. The van der Waals surface area contributed by atoms with Gasteiger partial charge in [0.2, 0.25) is 5.95 Å². The van der Waals surface area contributed by atoms with Crippen molar-refractivity contribution in [3.63, 3.8) is 0 Å². The molecule has 0 aliphatic carbocycles. The zero-order valence-corrected chi connectivity index (χ0v) is 11.6. The molecule has 1 aromatic heterocycles. The zero-order valence-electron chi connectivity index (χ0n) is 9.97. The van der Waals surface area contributed by atoms with E-state index in [0.717, 1.165) is 20.9 Å². The fourth-order valence-electron chi connectivity index (χ4n) is 1.95. The van der Waals surface area contributed by atoms with Gasteiger partial charge in [0.15, 0.2) is 0 Å². The molecule has 0 spiro atoms. The molecular formula is C14H11BrN4. The Balaban J connectivity index is 2.09. The summed E-state index contributed by atoms with van der Waals surface area (Å²) < 4.78 is 1.07. The lowest BCUT2D eigenvalue weighted by Gasteiger charge is -2.10. The molecule has 0 radical (unpaired) electrons. The Morgan fingerprint density at radius 1 is 1.00 bits per heavy atom. The number of rotatable bonds is 2. The topological polar surface area (TPSA) is 63.8 Å². The second-order valence-electron chi connectivity index (χ2n) is 4.07. The van der Waals surface area contributed by atoms with Crippen LogP contribution in [0.25, 0.3) is 10.8 Å². The smallest absolute Gasteiger partial charge is 0.221 e. The largest absolute Gasteiger partial charge is 0.368 e. The Labute approximate surface area is 118 Å². The van der Waals surface area contributed by atoms with Crippen molar-refractivity contribution in [1.29, 1.82) is 0 Å². The first-order valence-electron chi connectivity index (χ1n) is 5.77. The summed E-state index contributed by atoms with van der Waals surface area (Å²) in [6, 6.07) is 14.0. The van der Waals surface area contributed by atoms with Crippen molar-refractivity contribution in [3.8, 4) is 0 Å². The number of aromatic nitrogens is 2. The highest BCUT2D eigenvalue weighted by molar-refractivity contribution is 9.10. The second-order valence-corrected chi connectivity index (χ2v) is 4.92. The van der Waals surface area contributed by atoms with Crippen LogP contribution in [0.4, 0.5) is 17.5 Å². The van der Waals surface area contributed by atoms with Crippen LogP contribution in [0, 0.1) is 0 Å². The average molecular weight is 315 g/mol. The van der Waals surface area contributed by atoms with Crippen molar-refractivity contribution in [2.45, 2.75) is 0 Å². The van der Waals surface area contributed by atoms with E-state index in [9.17, 15) is 0 Å². The number of anilines is 3. The number of hydrogen-bond donors (Lipinski definition) is 2. The lowest BCUT2D eigenvalue weighted by atomic mass is 10.1. The van der Waals surface area contributed by atoms with Crippen LogP contribution in [0.15, 0.2) is 53.1 Å². The van der Waals surface area contributed by atoms with Crippen molar-refractivity contribution in [2.75, 3.05) is 11.1 Å². The third-order valence-corrected chi connectivity index (χ3v) is 3.50. The summed E-state index contributed by atoms with van der Waals surface area (Å²) in [4.78, 5) is 8.02. The van der Waals surface area contributed by atoms with Gasteiger partial charge >= 0.3 is 0 Å². The third kappa shape index (κ3) is 2.37. The summed E-state index contributed by atoms with van der Waals surface area (Å²) in [6.45, 7) is 0. The van der Waals surface area contributed by atoms with Crippen molar-refractivity contribution in [3.05, 3.63) is 53.1 Å². The highest BCUT2D eigenvalue weighted by Crippen LogP contribution is 2.31. The number of nitrogens with two attached hydrogens (primary N) is 1. The van der Waals surface area contributed by atoms with Gasteiger partial charge in [-0.05, 0) is 23.6 Å². The van der Waals surface area contributed by atoms with E-state index in [0.29, 0.717) is 5.82 Å². The third-order valence-electron chi connectivity index (χ3n) is 2.81. The van der Waals surface area contributed by atoms with E-state index in [1.165, 1.54) is 0 Å². The van der Waals surface area contributed by atoms with Crippen molar-refractivity contribution in [1.82, 2.24) is 9.97 Å². The molecular weight excluding hydrogens is 304 g/mol. The molecule has 2 aromatic carbocycles. The summed E-state index contributed by atoms with van der Waals surface area (Å²) >= 11 is 3.55. The van der Waals surface area contributed by atoms with Gasteiger partial charge in [-0.25, -0.2) is 4.98 Å². The molecule has 94 valence electrons. The average Bonchev–Trinajstić information content (AvgIpc) is 2.42. The van der Waals surface area contributed by atoms with Crippen molar-refractivity contribution in [2.24, 2.45) is 0 Å². The molecule has 0 aliphatic rings. The molecule has 0 unspecified atom stereocenters. The predicted octanol–water partition coefficient (Wildman–Crippen LogP) is 3.72. The molecule has 19 heavy (non-hydrogen) atoms. The monoisotopic (exact) mass is 314 g/mol. The van der Waals surface area contributed by atoms with E-state index in [4.69, 9.17) is 5.73 Å². The molecule has 3 N–H and O–H groups in total. The van der Waals surface area contributed by atoms with Gasteiger partial charge in [0, 0.05) is 21.7 Å². The predicted molar refractivity (Wildman–Crippen MR) is 81.4 cm³/mol. The van der Waals surface area contributed by atoms with Gasteiger partial charge in [-0.15, -0.1) is 0 Å². The van der Waals surface area contributed by atoms with Gasteiger partial charge in [0.1, 0.15) is 5.82 Å². The number of nitrogen functional groups attached to an aromatic ring is 1. The minimum absolute atomic E-state index is 0.256. The molecule has 0 bridgehead atoms. The Morgan fingerprint density at radius 3 is 2.58 bits per heavy atom. The summed E-state index contributed by atoms with van der Waals surface area (Å²) in [7, 11) is 0. The number of fused-ring (bicyclic) bond motifs is 1. The molecule has 3 aromatic rings. The fourth-order valence-corrected chi connectivity index (χ4v) is 2.43. The van der Waals surface area contributed by atoms with Gasteiger partial charge < -0.3 is 11.1 Å². The summed E-state index contributed by atoms with van der Waals surface area (Å²) in [6.07, 6.45) is 1.63. The van der Waals surface area contributed by atoms with E-state index in [-0.39, 0.29) is 5.95 Å². The molecule has 0 atom stereocenters. The normalized spacial score (nSPS) is 10.6. The van der Waals surface area contributed by atoms with E-state index in [2.05, 4.69) is 43.3 Å². The van der Waals surface area contributed by atoms with Crippen LogP contribution in [0.5, 0.6) is 0 Å². The Hall–Kier alpha value is -2.14. The molecule has 0 fully saturated rings. The van der Waals surface area contributed by atoms with E-state index in [1.54, 1.807) is 12.3 Å². The maximum absolute atomic E-state index is 5.58. The SMILES string of the molecule is Nc1nccc(Nc2ccc(Br)c3ccccc23)n1. The Kier molecular flexibility index (Phi) is 3.05. The summed E-state index contributed by atoms with van der Waals surface area (Å²) in [5.41, 5.74) is 6.56. The molecule has 0 saturated heterocycles. The number of halogens is 1. The van der Waals surface area contributed by atoms with Crippen LogP contribution in [0.1, 0.15) is 0 Å². The van der Waals surface area contributed by atoms with Gasteiger partial charge in [-0.3, -0.25) is 0 Å². The van der Waals surface area contributed by atoms with E-state index >= 15 is 0 Å². The van der Waals surface area contributed by atoms with Gasteiger partial charge in [-0.1, -0.05) is 40.2 Å². The zero-order chi connectivity index (χ0) is 13.2. The first-order valence-corrected chi connectivity index (χ1v) is 6.56. The molecule has 5 heteroatoms. The quantitative estimate of drug-likeness (QED) is 0.756. The number of nitrogens with one attached hydrogen (secondary N) is 1. The highest BCUT2D eigenvalue weighted by atomic mass is 79.9. The summed E-state index contributed by atoms with van der Waals surface area (Å²) in [5.74, 6) is 0.936. The first-order chi connectivity index (χ1) is 9.24. The van der Waals surface area contributed by atoms with E-state index < -0.39 is 0 Å². The number of hydrogen-bond acceptors (Lipinski definition) is 4. The minimum atomic E-state index is 0.256. The minimum Gasteiger partial charge on any atom is -0.368 e. The van der Waals surface area contributed by atoms with Gasteiger partial charge in [0.25, 0.3) is 0 Å². The van der Waals surface area contributed by atoms with Crippen LogP contribution in [0.3, 0.4) is 0 Å². The first kappa shape index (κ1) is 11.9. The van der Waals surface area contributed by atoms with E-state index in [1.807, 2.05) is 24.3 Å². The van der Waals surface area contributed by atoms with Crippen LogP contribution in [-0.4, -0.2) is 9.97 Å². The Bertz CT molecular complexity index is 742. The molecule has 0 aliphatic heterocycles. The van der Waals surface area contributed by atoms with Gasteiger partial charge in [0.05, 0.1) is 0 Å². The summed E-state index contributed by atoms with van der Waals surface area (Å²) in [5, 5.41) is 5.53. The second kappa shape index (κ2) is 4.85. The van der Waals surface area contributed by atoms with Crippen LogP contribution >= 0.6 is 15.9 Å². The van der Waals surface area contributed by atoms with Crippen LogP contribution in [0.2, 0.25) is 0 Å². The molecule has 0 amide bonds. The van der Waals surface area contributed by atoms with Crippen LogP contribution < -0.4 is 11.1 Å². The fraction of sp³-hybridized carbons (Fsp3) is 0. The lowest BCUT2D eigenvalue weighted by Crippen LogP contribution is -1.99. The molecule has 4 nitrogen and oxygen atoms in total. The Morgan fingerprint density at radius 2 is 1.79 bits per heavy atom. The van der Waals surface area contributed by atoms with Crippen molar-refractivity contribution < 1.29 is 0 Å². The maximum Gasteiger partial charge on any atom is 0.221 e. The molecule has 0 saturated carbocycles. The van der Waals surface area contributed by atoms with Crippen molar-refractivity contribution >= 4 is 44.2 Å². The van der Waals surface area contributed by atoms with Gasteiger partial charge in [-0.2, -0.15) is 4.98 Å².